The summed E-state index contributed by atoms with van der Waals surface area (Å²) in [6, 6.07) is 0. The monoisotopic (exact) mass is 218 g/mol. The maximum atomic E-state index is 12.2. The molecular formula is C15H22O. The Morgan fingerprint density at radius 1 is 1.44 bits per heavy atom. The average Bonchev–Trinajstić information content (AvgIpc) is 2.70. The highest BCUT2D eigenvalue weighted by molar-refractivity contribution is 5.82. The van der Waals surface area contributed by atoms with Crippen LogP contribution in [0, 0.1) is 11.3 Å². The Bertz CT molecular complexity index is 303. The lowest BCUT2D eigenvalue weighted by Crippen LogP contribution is -2.30. The third kappa shape index (κ3) is 2.14. The van der Waals surface area contributed by atoms with Crippen LogP contribution in [0.2, 0.25) is 0 Å². The number of allylic oxidation sites excluding steroid dienone is 3. The van der Waals surface area contributed by atoms with E-state index in [0.717, 1.165) is 12.8 Å². The van der Waals surface area contributed by atoms with Crippen LogP contribution >= 0.6 is 0 Å². The van der Waals surface area contributed by atoms with Crippen LogP contribution in [0.15, 0.2) is 24.8 Å². The van der Waals surface area contributed by atoms with Gasteiger partial charge in [0, 0.05) is 12.3 Å². The van der Waals surface area contributed by atoms with Gasteiger partial charge in [-0.05, 0) is 43.9 Å². The molecule has 0 N–H and O–H groups in total. The molecule has 0 aromatic heterocycles. The van der Waals surface area contributed by atoms with Crippen molar-refractivity contribution in [1.82, 2.24) is 0 Å². The van der Waals surface area contributed by atoms with E-state index in [9.17, 15) is 4.79 Å². The number of carbonyl (C=O) groups excluding carboxylic acids is 1. The summed E-state index contributed by atoms with van der Waals surface area (Å²) in [7, 11) is 0. The van der Waals surface area contributed by atoms with E-state index in [0.29, 0.717) is 18.1 Å². The first-order valence-corrected chi connectivity index (χ1v) is 6.60. The van der Waals surface area contributed by atoms with Crippen molar-refractivity contribution >= 4 is 5.78 Å². The zero-order chi connectivity index (χ0) is 11.4. The fourth-order valence-corrected chi connectivity index (χ4v) is 3.45. The molecule has 2 rings (SSSR count). The summed E-state index contributed by atoms with van der Waals surface area (Å²) in [5.41, 5.74) is 0.247. The lowest BCUT2D eigenvalue weighted by atomic mass is 9.69. The summed E-state index contributed by atoms with van der Waals surface area (Å²) in [6.45, 7) is 3.70. The maximum absolute atomic E-state index is 12.2. The summed E-state index contributed by atoms with van der Waals surface area (Å²) in [4.78, 5) is 12.2. The van der Waals surface area contributed by atoms with Gasteiger partial charge in [-0.1, -0.05) is 24.6 Å². The molecule has 0 aromatic carbocycles. The second-order valence-electron chi connectivity index (χ2n) is 5.27. The highest BCUT2D eigenvalue weighted by atomic mass is 16.1. The first-order valence-electron chi connectivity index (χ1n) is 6.60. The second-order valence-corrected chi connectivity index (χ2v) is 5.27. The molecule has 0 radical (unpaired) electrons. The van der Waals surface area contributed by atoms with Crippen molar-refractivity contribution in [3.63, 3.8) is 0 Å². The predicted molar refractivity (Wildman–Crippen MR) is 67.2 cm³/mol. The Kier molecular flexibility index (Phi) is 3.63. The van der Waals surface area contributed by atoms with E-state index in [1.54, 1.807) is 0 Å². The van der Waals surface area contributed by atoms with Gasteiger partial charge in [0.25, 0.3) is 0 Å². The highest BCUT2D eigenvalue weighted by Gasteiger charge is 2.44. The Morgan fingerprint density at radius 3 is 2.94 bits per heavy atom. The van der Waals surface area contributed by atoms with Gasteiger partial charge in [-0.25, -0.2) is 0 Å². The van der Waals surface area contributed by atoms with Crippen LogP contribution in [-0.2, 0) is 4.79 Å². The molecule has 1 fully saturated rings. The van der Waals surface area contributed by atoms with E-state index in [-0.39, 0.29) is 5.41 Å². The largest absolute Gasteiger partial charge is 0.299 e. The Balaban J connectivity index is 2.07. The van der Waals surface area contributed by atoms with Crippen LogP contribution in [0.1, 0.15) is 51.4 Å². The molecule has 2 atom stereocenters. The number of ketones is 1. The minimum Gasteiger partial charge on any atom is -0.299 e. The van der Waals surface area contributed by atoms with Crippen molar-refractivity contribution < 1.29 is 4.79 Å². The van der Waals surface area contributed by atoms with Gasteiger partial charge in [-0.3, -0.25) is 4.79 Å². The molecule has 16 heavy (non-hydrogen) atoms. The summed E-state index contributed by atoms with van der Waals surface area (Å²) in [5.74, 6) is 0.785. The van der Waals surface area contributed by atoms with Gasteiger partial charge in [0.1, 0.15) is 5.78 Å². The standard InChI is InChI=1S/C15H22O/c1-2-3-9-14(16)13-8-7-12-15(13)10-5-4-6-11-15/h2,5,10,13H,1,3-4,6-9,11-12H2. The molecule has 1 nitrogen and oxygen atoms in total. The number of Topliss-reactive ketones (excluding diaryl/α,β-unsaturated/α-hetero) is 1. The van der Waals surface area contributed by atoms with E-state index in [4.69, 9.17) is 0 Å². The first kappa shape index (κ1) is 11.6. The van der Waals surface area contributed by atoms with Gasteiger partial charge in [-0.2, -0.15) is 0 Å². The Hall–Kier alpha value is -0.850. The van der Waals surface area contributed by atoms with Gasteiger partial charge in [0.05, 0.1) is 0 Å². The van der Waals surface area contributed by atoms with Crippen LogP contribution in [0.5, 0.6) is 0 Å². The lowest BCUT2D eigenvalue weighted by Gasteiger charge is -2.34. The van der Waals surface area contributed by atoms with Crippen molar-refractivity contribution in [2.45, 2.75) is 51.4 Å². The number of hydrogen-bond donors (Lipinski definition) is 0. The van der Waals surface area contributed by atoms with E-state index >= 15 is 0 Å². The minimum atomic E-state index is 0.247. The smallest absolute Gasteiger partial charge is 0.137 e. The van der Waals surface area contributed by atoms with Gasteiger partial charge >= 0.3 is 0 Å². The summed E-state index contributed by atoms with van der Waals surface area (Å²) < 4.78 is 0. The molecule has 0 saturated heterocycles. The topological polar surface area (TPSA) is 17.1 Å². The third-order valence-corrected chi connectivity index (χ3v) is 4.28. The molecule has 0 aliphatic heterocycles. The number of rotatable bonds is 4. The summed E-state index contributed by atoms with van der Waals surface area (Å²) >= 11 is 0. The van der Waals surface area contributed by atoms with Crippen molar-refractivity contribution in [3.05, 3.63) is 24.8 Å². The average molecular weight is 218 g/mol. The number of hydrogen-bond acceptors (Lipinski definition) is 1. The Labute approximate surface area is 98.6 Å². The molecule has 0 amide bonds. The molecule has 1 saturated carbocycles. The molecule has 88 valence electrons. The lowest BCUT2D eigenvalue weighted by molar-refractivity contribution is -0.125. The molecule has 2 unspecified atom stereocenters. The second kappa shape index (κ2) is 4.99. The zero-order valence-electron chi connectivity index (χ0n) is 10.1. The van der Waals surface area contributed by atoms with Gasteiger partial charge in [0.15, 0.2) is 0 Å². The molecule has 2 aliphatic carbocycles. The van der Waals surface area contributed by atoms with Crippen LogP contribution in [-0.4, -0.2) is 5.78 Å². The van der Waals surface area contributed by atoms with Crippen molar-refractivity contribution in [1.29, 1.82) is 0 Å². The minimum absolute atomic E-state index is 0.247. The van der Waals surface area contributed by atoms with E-state index in [1.165, 1.54) is 32.1 Å². The predicted octanol–water partition coefficient (Wildman–Crippen LogP) is 4.05. The molecule has 0 heterocycles. The summed E-state index contributed by atoms with van der Waals surface area (Å²) in [6.07, 6.45) is 15.3. The molecular weight excluding hydrogens is 196 g/mol. The summed E-state index contributed by atoms with van der Waals surface area (Å²) in [5, 5.41) is 0. The molecule has 1 spiro atoms. The van der Waals surface area contributed by atoms with Gasteiger partial charge in [0.2, 0.25) is 0 Å². The van der Waals surface area contributed by atoms with Crippen LogP contribution < -0.4 is 0 Å². The first-order chi connectivity index (χ1) is 7.78. The van der Waals surface area contributed by atoms with E-state index in [2.05, 4.69) is 18.7 Å². The van der Waals surface area contributed by atoms with Crippen LogP contribution in [0.3, 0.4) is 0 Å². The third-order valence-electron chi connectivity index (χ3n) is 4.28. The SMILES string of the molecule is C=CCCC(=O)C1CCCC12C=CCCC2. The van der Waals surface area contributed by atoms with E-state index < -0.39 is 0 Å². The normalized spacial score (nSPS) is 33.1. The molecule has 1 heteroatoms. The molecule has 0 aromatic rings. The zero-order valence-corrected chi connectivity index (χ0v) is 10.1. The fourth-order valence-electron chi connectivity index (χ4n) is 3.45. The van der Waals surface area contributed by atoms with Gasteiger partial charge in [-0.15, -0.1) is 6.58 Å². The highest BCUT2D eigenvalue weighted by Crippen LogP contribution is 2.50. The Morgan fingerprint density at radius 2 is 2.25 bits per heavy atom. The van der Waals surface area contributed by atoms with E-state index in [1.807, 2.05) is 6.08 Å². The molecule has 2 aliphatic rings. The molecule has 0 bridgehead atoms. The fraction of sp³-hybridized carbons (Fsp3) is 0.667. The van der Waals surface area contributed by atoms with Crippen LogP contribution in [0.4, 0.5) is 0 Å². The van der Waals surface area contributed by atoms with Gasteiger partial charge < -0.3 is 0 Å². The maximum Gasteiger partial charge on any atom is 0.137 e. The van der Waals surface area contributed by atoms with Crippen molar-refractivity contribution in [2.75, 3.05) is 0 Å². The van der Waals surface area contributed by atoms with Crippen molar-refractivity contribution in [2.24, 2.45) is 11.3 Å². The quantitative estimate of drug-likeness (QED) is 0.651. The van der Waals surface area contributed by atoms with Crippen molar-refractivity contribution in [3.8, 4) is 0 Å². The number of carbonyl (C=O) groups is 1. The van der Waals surface area contributed by atoms with Crippen LogP contribution in [0.25, 0.3) is 0 Å².